The maximum absolute atomic E-state index is 13.4. The molecule has 3 aromatic rings. The van der Waals surface area contributed by atoms with Gasteiger partial charge in [-0.3, -0.25) is 9.59 Å². The van der Waals surface area contributed by atoms with Gasteiger partial charge in [0.25, 0.3) is 5.91 Å². The smallest absolute Gasteiger partial charge is 0.256 e. The number of aryl methyl sites for hydroxylation is 2. The average Bonchev–Trinajstić information content (AvgIpc) is 2.84. The highest BCUT2D eigenvalue weighted by molar-refractivity contribution is 7.89. The number of hydrogen-bond acceptors (Lipinski definition) is 4. The van der Waals surface area contributed by atoms with Crippen molar-refractivity contribution in [3.8, 4) is 0 Å². The van der Waals surface area contributed by atoms with Gasteiger partial charge in [0.1, 0.15) is 5.56 Å². The first kappa shape index (κ1) is 26.1. The van der Waals surface area contributed by atoms with Crippen LogP contribution in [0.25, 0.3) is 10.9 Å². The Balaban J connectivity index is 1.64. The molecule has 7 nitrogen and oxygen atoms in total. The van der Waals surface area contributed by atoms with Crippen LogP contribution in [0.3, 0.4) is 0 Å². The summed E-state index contributed by atoms with van der Waals surface area (Å²) < 4.78 is 30.2. The molecule has 1 amide bonds. The molecule has 0 saturated carbocycles. The van der Waals surface area contributed by atoms with Crippen LogP contribution in [0, 0.1) is 18.8 Å². The second kappa shape index (κ2) is 10.6. The first-order valence-electron chi connectivity index (χ1n) is 12.6. The third-order valence-corrected chi connectivity index (χ3v) is 8.76. The number of sulfonamides is 1. The van der Waals surface area contributed by atoms with Gasteiger partial charge in [0.05, 0.1) is 10.4 Å². The van der Waals surface area contributed by atoms with Crippen LogP contribution in [0.1, 0.15) is 48.7 Å². The van der Waals surface area contributed by atoms with Crippen LogP contribution in [0.4, 0.5) is 0 Å². The summed E-state index contributed by atoms with van der Waals surface area (Å²) in [5.74, 6) is 0.0937. The molecular formula is C28H35N3O4S. The predicted molar refractivity (Wildman–Crippen MR) is 143 cm³/mol. The molecule has 1 saturated heterocycles. The summed E-state index contributed by atoms with van der Waals surface area (Å²) in [5.41, 5.74) is 2.44. The van der Waals surface area contributed by atoms with E-state index in [0.29, 0.717) is 38.1 Å². The largest absolute Gasteiger partial charge is 0.352 e. The molecule has 192 valence electrons. The molecule has 2 atom stereocenters. The fourth-order valence-corrected chi connectivity index (χ4v) is 6.79. The van der Waals surface area contributed by atoms with Gasteiger partial charge in [0.2, 0.25) is 15.5 Å². The third-order valence-electron chi connectivity index (χ3n) is 6.93. The molecule has 1 aliphatic heterocycles. The highest BCUT2D eigenvalue weighted by Gasteiger charge is 2.32. The standard InChI is InChI=1S/C28H35N3O4S/c1-5-30-18-25(28(33)29-13-12-22-8-6-19(2)7-9-22)27(32)24-15-23(10-11-26(24)30)36(34,35)31-16-20(3)14-21(4)17-31/h6-11,15,18,20-21H,5,12-14,16-17H2,1-4H3,(H,29,33). The van der Waals surface area contributed by atoms with E-state index in [1.165, 1.54) is 15.9 Å². The zero-order chi connectivity index (χ0) is 26.0. The van der Waals surface area contributed by atoms with Crippen molar-refractivity contribution in [3.05, 3.63) is 75.6 Å². The van der Waals surface area contributed by atoms with Crippen LogP contribution in [-0.4, -0.2) is 42.8 Å². The normalized spacial score (nSPS) is 18.9. The maximum atomic E-state index is 13.4. The van der Waals surface area contributed by atoms with Crippen molar-refractivity contribution in [1.29, 1.82) is 0 Å². The number of hydrogen-bond donors (Lipinski definition) is 1. The lowest BCUT2D eigenvalue weighted by molar-refractivity contribution is 0.0952. The molecule has 1 N–H and O–H groups in total. The van der Waals surface area contributed by atoms with E-state index in [-0.39, 0.29) is 27.7 Å². The van der Waals surface area contributed by atoms with Gasteiger partial charge < -0.3 is 9.88 Å². The van der Waals surface area contributed by atoms with E-state index in [1.807, 2.05) is 42.7 Å². The summed E-state index contributed by atoms with van der Waals surface area (Å²) >= 11 is 0. The van der Waals surface area contributed by atoms with E-state index in [0.717, 1.165) is 12.0 Å². The van der Waals surface area contributed by atoms with Crippen molar-refractivity contribution >= 4 is 26.8 Å². The number of piperidine rings is 1. The summed E-state index contributed by atoms with van der Waals surface area (Å²) in [4.78, 5) is 26.4. The topological polar surface area (TPSA) is 88.5 Å². The Labute approximate surface area is 213 Å². The summed E-state index contributed by atoms with van der Waals surface area (Å²) in [6, 6.07) is 12.8. The number of nitrogens with one attached hydrogen (secondary N) is 1. The molecule has 2 unspecified atom stereocenters. The van der Waals surface area contributed by atoms with Crippen LogP contribution in [0.15, 0.2) is 58.4 Å². The number of pyridine rings is 1. The SMILES string of the molecule is CCn1cc(C(=O)NCCc2ccc(C)cc2)c(=O)c2cc(S(=O)(=O)N3CC(C)CC(C)C3)ccc21. The molecule has 36 heavy (non-hydrogen) atoms. The number of amides is 1. The molecule has 0 aliphatic carbocycles. The van der Waals surface area contributed by atoms with Crippen molar-refractivity contribution in [1.82, 2.24) is 14.2 Å². The van der Waals surface area contributed by atoms with E-state index < -0.39 is 21.4 Å². The molecule has 0 bridgehead atoms. The van der Waals surface area contributed by atoms with Crippen molar-refractivity contribution in [2.24, 2.45) is 11.8 Å². The molecule has 8 heteroatoms. The number of carbonyl (C=O) groups is 1. The van der Waals surface area contributed by atoms with E-state index in [9.17, 15) is 18.0 Å². The highest BCUT2D eigenvalue weighted by Crippen LogP contribution is 2.28. The summed E-state index contributed by atoms with van der Waals surface area (Å²) in [5, 5.41) is 3.08. The second-order valence-corrected chi connectivity index (χ2v) is 12.0. The Morgan fingerprint density at radius 1 is 1.06 bits per heavy atom. The number of nitrogens with zero attached hydrogens (tertiary/aromatic N) is 2. The Bertz CT molecular complexity index is 1420. The Kier molecular flexibility index (Phi) is 7.66. The Morgan fingerprint density at radius 3 is 2.36 bits per heavy atom. The average molecular weight is 510 g/mol. The Morgan fingerprint density at radius 2 is 1.72 bits per heavy atom. The highest BCUT2D eigenvalue weighted by atomic mass is 32.2. The van der Waals surface area contributed by atoms with E-state index in [2.05, 4.69) is 19.2 Å². The van der Waals surface area contributed by atoms with Gasteiger partial charge in [-0.2, -0.15) is 4.31 Å². The lowest BCUT2D eigenvalue weighted by Gasteiger charge is -2.34. The molecule has 0 spiro atoms. The van der Waals surface area contributed by atoms with Gasteiger partial charge in [-0.15, -0.1) is 0 Å². The molecule has 2 aromatic carbocycles. The minimum Gasteiger partial charge on any atom is -0.352 e. The second-order valence-electron chi connectivity index (χ2n) is 10.1. The molecule has 1 fully saturated rings. The number of aromatic nitrogens is 1. The summed E-state index contributed by atoms with van der Waals surface area (Å²) in [6.45, 7) is 9.92. The van der Waals surface area contributed by atoms with Crippen molar-refractivity contribution in [2.75, 3.05) is 19.6 Å². The van der Waals surface area contributed by atoms with Crippen LogP contribution < -0.4 is 10.7 Å². The zero-order valence-corrected chi connectivity index (χ0v) is 22.3. The van der Waals surface area contributed by atoms with Crippen molar-refractivity contribution < 1.29 is 13.2 Å². The van der Waals surface area contributed by atoms with Gasteiger partial charge in [-0.1, -0.05) is 43.7 Å². The maximum Gasteiger partial charge on any atom is 0.256 e. The van der Waals surface area contributed by atoms with E-state index in [1.54, 1.807) is 18.3 Å². The first-order valence-corrected chi connectivity index (χ1v) is 14.0. The molecule has 4 rings (SSSR count). The predicted octanol–water partition coefficient (Wildman–Crippen LogP) is 3.97. The van der Waals surface area contributed by atoms with Gasteiger partial charge in [0.15, 0.2) is 0 Å². The van der Waals surface area contributed by atoms with E-state index >= 15 is 0 Å². The van der Waals surface area contributed by atoms with E-state index in [4.69, 9.17) is 0 Å². The summed E-state index contributed by atoms with van der Waals surface area (Å²) in [7, 11) is -3.75. The lowest BCUT2D eigenvalue weighted by atomic mass is 9.94. The summed E-state index contributed by atoms with van der Waals surface area (Å²) in [6.07, 6.45) is 3.21. The lowest BCUT2D eigenvalue weighted by Crippen LogP contribution is -2.42. The monoisotopic (exact) mass is 509 g/mol. The molecule has 1 aromatic heterocycles. The van der Waals surface area contributed by atoms with Crippen LogP contribution >= 0.6 is 0 Å². The van der Waals surface area contributed by atoms with Crippen LogP contribution in [-0.2, 0) is 23.0 Å². The quantitative estimate of drug-likeness (QED) is 0.522. The zero-order valence-electron chi connectivity index (χ0n) is 21.5. The van der Waals surface area contributed by atoms with Gasteiger partial charge >= 0.3 is 0 Å². The van der Waals surface area contributed by atoms with Crippen LogP contribution in [0.2, 0.25) is 0 Å². The van der Waals surface area contributed by atoms with Gasteiger partial charge in [-0.05, 0) is 62.3 Å². The van der Waals surface area contributed by atoms with Gasteiger partial charge in [-0.25, -0.2) is 8.42 Å². The molecule has 0 radical (unpaired) electrons. The first-order chi connectivity index (χ1) is 17.1. The fourth-order valence-electron chi connectivity index (χ4n) is 5.08. The minimum absolute atomic E-state index is 0.0167. The number of benzene rings is 2. The number of carbonyl (C=O) groups excluding carboxylic acids is 1. The third kappa shape index (κ3) is 5.39. The minimum atomic E-state index is -3.75. The van der Waals surface area contributed by atoms with Crippen molar-refractivity contribution in [3.63, 3.8) is 0 Å². The van der Waals surface area contributed by atoms with Crippen LogP contribution in [0.5, 0.6) is 0 Å². The molecule has 2 heterocycles. The number of fused-ring (bicyclic) bond motifs is 1. The molecule has 1 aliphatic rings. The van der Waals surface area contributed by atoms with Gasteiger partial charge in [0, 0.05) is 37.8 Å². The fraction of sp³-hybridized carbons (Fsp3) is 0.429. The number of rotatable bonds is 7. The molecular weight excluding hydrogens is 474 g/mol. The Hall–Kier alpha value is -2.97. The van der Waals surface area contributed by atoms with Crippen molar-refractivity contribution in [2.45, 2.75) is 52.0 Å².